The standard InChI is InChI=1S/C19H18N2O2S/c1-24(22,23)18-11-8-16(9-12-18)19-14-20-13-17(21-19)10-7-15-5-3-2-4-6-15/h2-6,8-9,11-14H,7,10H2,1H3. The summed E-state index contributed by atoms with van der Waals surface area (Å²) in [5.74, 6) is 0. The summed E-state index contributed by atoms with van der Waals surface area (Å²) in [4.78, 5) is 9.21. The number of aromatic nitrogens is 2. The highest BCUT2D eigenvalue weighted by Gasteiger charge is 2.08. The van der Waals surface area contributed by atoms with Gasteiger partial charge in [-0.3, -0.25) is 4.98 Å². The summed E-state index contributed by atoms with van der Waals surface area (Å²) in [6, 6.07) is 17.0. The van der Waals surface area contributed by atoms with Crippen LogP contribution in [0.2, 0.25) is 0 Å². The van der Waals surface area contributed by atoms with Crippen molar-refractivity contribution in [3.8, 4) is 11.3 Å². The van der Waals surface area contributed by atoms with E-state index in [9.17, 15) is 8.42 Å². The highest BCUT2D eigenvalue weighted by Crippen LogP contribution is 2.19. The average Bonchev–Trinajstić information content (AvgIpc) is 2.60. The Bertz CT molecular complexity index is 921. The van der Waals surface area contributed by atoms with E-state index < -0.39 is 9.84 Å². The fourth-order valence-corrected chi connectivity index (χ4v) is 3.09. The Morgan fingerprint density at radius 3 is 2.25 bits per heavy atom. The van der Waals surface area contributed by atoms with Gasteiger partial charge in [0, 0.05) is 18.0 Å². The number of aryl methyl sites for hydroxylation is 2. The highest BCUT2D eigenvalue weighted by molar-refractivity contribution is 7.90. The zero-order chi connectivity index (χ0) is 17.0. The molecule has 5 heteroatoms. The zero-order valence-electron chi connectivity index (χ0n) is 13.4. The van der Waals surface area contributed by atoms with Crippen molar-refractivity contribution in [2.75, 3.05) is 6.26 Å². The summed E-state index contributed by atoms with van der Waals surface area (Å²) in [5.41, 5.74) is 3.79. The van der Waals surface area contributed by atoms with Crippen LogP contribution in [-0.4, -0.2) is 24.6 Å². The Morgan fingerprint density at radius 2 is 1.58 bits per heavy atom. The summed E-state index contributed by atoms with van der Waals surface area (Å²) in [6.45, 7) is 0. The molecule has 0 fully saturated rings. The predicted octanol–water partition coefficient (Wildman–Crippen LogP) is 3.33. The third-order valence-corrected chi connectivity index (χ3v) is 4.90. The van der Waals surface area contributed by atoms with Crippen LogP contribution in [0.25, 0.3) is 11.3 Å². The number of sulfone groups is 1. The molecule has 0 aliphatic rings. The quantitative estimate of drug-likeness (QED) is 0.716. The Morgan fingerprint density at radius 1 is 0.875 bits per heavy atom. The van der Waals surface area contributed by atoms with Gasteiger partial charge in [0.15, 0.2) is 9.84 Å². The van der Waals surface area contributed by atoms with E-state index >= 15 is 0 Å². The van der Waals surface area contributed by atoms with Crippen molar-refractivity contribution < 1.29 is 8.42 Å². The van der Waals surface area contributed by atoms with Gasteiger partial charge in [0.2, 0.25) is 0 Å². The molecule has 1 heterocycles. The van der Waals surface area contributed by atoms with Gasteiger partial charge in [0.05, 0.1) is 22.5 Å². The van der Waals surface area contributed by atoms with Crippen LogP contribution in [0.3, 0.4) is 0 Å². The van der Waals surface area contributed by atoms with E-state index in [-0.39, 0.29) is 0 Å². The van der Waals surface area contributed by atoms with Crippen molar-refractivity contribution in [2.24, 2.45) is 0 Å². The Labute approximate surface area is 142 Å². The first-order valence-corrected chi connectivity index (χ1v) is 9.57. The summed E-state index contributed by atoms with van der Waals surface area (Å²) in [7, 11) is -3.19. The van der Waals surface area contributed by atoms with Crippen molar-refractivity contribution in [3.05, 3.63) is 78.2 Å². The van der Waals surface area contributed by atoms with E-state index in [1.54, 1.807) is 36.7 Å². The molecule has 0 radical (unpaired) electrons. The fraction of sp³-hybridized carbons (Fsp3) is 0.158. The molecule has 4 nitrogen and oxygen atoms in total. The summed E-state index contributed by atoms with van der Waals surface area (Å²) >= 11 is 0. The van der Waals surface area contributed by atoms with Crippen LogP contribution in [0.5, 0.6) is 0 Å². The SMILES string of the molecule is CS(=O)(=O)c1ccc(-c2cncc(CCc3ccccc3)n2)cc1. The van der Waals surface area contributed by atoms with Crippen molar-refractivity contribution in [1.82, 2.24) is 9.97 Å². The lowest BCUT2D eigenvalue weighted by atomic mass is 10.1. The van der Waals surface area contributed by atoms with Gasteiger partial charge in [0.1, 0.15) is 0 Å². The topological polar surface area (TPSA) is 59.9 Å². The molecule has 3 aromatic rings. The summed E-state index contributed by atoms with van der Waals surface area (Å²) < 4.78 is 23.1. The smallest absolute Gasteiger partial charge is 0.175 e. The molecule has 1 aromatic heterocycles. The van der Waals surface area contributed by atoms with Crippen LogP contribution in [0.1, 0.15) is 11.3 Å². The van der Waals surface area contributed by atoms with Gasteiger partial charge in [0.25, 0.3) is 0 Å². The minimum absolute atomic E-state index is 0.305. The maximum absolute atomic E-state index is 11.5. The Balaban J connectivity index is 1.77. The lowest BCUT2D eigenvalue weighted by molar-refractivity contribution is 0.602. The molecule has 122 valence electrons. The number of nitrogens with zero attached hydrogens (tertiary/aromatic N) is 2. The molecule has 0 atom stereocenters. The maximum Gasteiger partial charge on any atom is 0.175 e. The van der Waals surface area contributed by atoms with Gasteiger partial charge >= 0.3 is 0 Å². The molecule has 3 rings (SSSR count). The van der Waals surface area contributed by atoms with Crippen molar-refractivity contribution in [1.29, 1.82) is 0 Å². The Hall–Kier alpha value is -2.53. The number of rotatable bonds is 5. The van der Waals surface area contributed by atoms with Crippen molar-refractivity contribution in [2.45, 2.75) is 17.7 Å². The van der Waals surface area contributed by atoms with Crippen LogP contribution >= 0.6 is 0 Å². The molecule has 0 amide bonds. The molecule has 0 aliphatic heterocycles. The zero-order valence-corrected chi connectivity index (χ0v) is 14.2. The summed E-state index contributed by atoms with van der Waals surface area (Å²) in [5, 5.41) is 0. The predicted molar refractivity (Wildman–Crippen MR) is 94.4 cm³/mol. The molecule has 0 saturated heterocycles. The van der Waals surface area contributed by atoms with Crippen LogP contribution in [-0.2, 0) is 22.7 Å². The van der Waals surface area contributed by atoms with E-state index in [0.717, 1.165) is 29.8 Å². The van der Waals surface area contributed by atoms with Gasteiger partial charge in [-0.25, -0.2) is 13.4 Å². The minimum atomic E-state index is -3.19. The van der Waals surface area contributed by atoms with Gasteiger partial charge in [-0.05, 0) is 30.5 Å². The minimum Gasteiger partial charge on any atom is -0.261 e. The third-order valence-electron chi connectivity index (χ3n) is 3.78. The van der Waals surface area contributed by atoms with Crippen LogP contribution < -0.4 is 0 Å². The lowest BCUT2D eigenvalue weighted by Crippen LogP contribution is -1.98. The van der Waals surface area contributed by atoms with Crippen LogP contribution in [0, 0.1) is 0 Å². The van der Waals surface area contributed by atoms with Crippen LogP contribution in [0.4, 0.5) is 0 Å². The molecule has 2 aromatic carbocycles. The van der Waals surface area contributed by atoms with Crippen LogP contribution in [0.15, 0.2) is 71.9 Å². The normalized spacial score (nSPS) is 11.4. The van der Waals surface area contributed by atoms with E-state index in [1.807, 2.05) is 18.2 Å². The molecule has 0 aliphatic carbocycles. The number of benzene rings is 2. The monoisotopic (exact) mass is 338 g/mol. The summed E-state index contributed by atoms with van der Waals surface area (Å²) in [6.07, 6.45) is 6.39. The van der Waals surface area contributed by atoms with E-state index in [2.05, 4.69) is 22.1 Å². The number of hydrogen-bond donors (Lipinski definition) is 0. The highest BCUT2D eigenvalue weighted by atomic mass is 32.2. The molecule has 0 saturated carbocycles. The van der Waals surface area contributed by atoms with Gasteiger partial charge in [-0.1, -0.05) is 42.5 Å². The molecule has 24 heavy (non-hydrogen) atoms. The second-order valence-corrected chi connectivity index (χ2v) is 7.69. The maximum atomic E-state index is 11.5. The first kappa shape index (κ1) is 16.3. The molecular formula is C19H18N2O2S. The van der Waals surface area contributed by atoms with Crippen molar-refractivity contribution >= 4 is 9.84 Å². The largest absolute Gasteiger partial charge is 0.261 e. The van der Waals surface area contributed by atoms with E-state index in [4.69, 9.17) is 0 Å². The van der Waals surface area contributed by atoms with Gasteiger partial charge < -0.3 is 0 Å². The molecule has 0 bridgehead atoms. The lowest BCUT2D eigenvalue weighted by Gasteiger charge is -2.05. The second kappa shape index (κ2) is 6.93. The number of hydrogen-bond acceptors (Lipinski definition) is 4. The van der Waals surface area contributed by atoms with E-state index in [0.29, 0.717) is 4.90 Å². The van der Waals surface area contributed by atoms with Gasteiger partial charge in [-0.15, -0.1) is 0 Å². The first-order valence-electron chi connectivity index (χ1n) is 7.68. The third kappa shape index (κ3) is 4.06. The average molecular weight is 338 g/mol. The molecule has 0 unspecified atom stereocenters. The van der Waals surface area contributed by atoms with Crippen molar-refractivity contribution in [3.63, 3.8) is 0 Å². The van der Waals surface area contributed by atoms with Gasteiger partial charge in [-0.2, -0.15) is 0 Å². The molecular weight excluding hydrogens is 320 g/mol. The second-order valence-electron chi connectivity index (χ2n) is 5.68. The van der Waals surface area contributed by atoms with E-state index in [1.165, 1.54) is 11.8 Å². The molecule has 0 N–H and O–H groups in total. The molecule has 0 spiro atoms. The first-order chi connectivity index (χ1) is 11.5. The fourth-order valence-electron chi connectivity index (χ4n) is 2.46. The Kier molecular flexibility index (Phi) is 4.71.